The van der Waals surface area contributed by atoms with E-state index in [-0.39, 0.29) is 12.6 Å². The maximum Gasteiger partial charge on any atom is 0.319 e. The fraction of sp³-hybridized carbons (Fsp3) is 0.273. The van der Waals surface area contributed by atoms with Crippen molar-refractivity contribution in [2.75, 3.05) is 27.7 Å². The standard InChI is InChI=1S/C22H25N3O3/c1-24(2)22(27)25(3)14-21(26)17-8-6-9-19(13-17)28-15-18-12-11-16-7-4-5-10-20(16)23-18/h4-13,21,26H,14-15H2,1-3H3/t21-/m0/s1. The molecule has 2 aromatic carbocycles. The Labute approximate surface area is 165 Å². The predicted octanol–water partition coefficient (Wildman–Crippen LogP) is 3.46. The van der Waals surface area contributed by atoms with Gasteiger partial charge in [0.2, 0.25) is 0 Å². The fourth-order valence-corrected chi connectivity index (χ4v) is 2.94. The molecule has 0 unspecified atom stereocenters. The quantitative estimate of drug-likeness (QED) is 0.712. The number of likely N-dealkylation sites (N-methyl/N-ethyl adjacent to an activating group) is 1. The number of rotatable bonds is 6. The molecule has 6 heteroatoms. The van der Waals surface area contributed by atoms with E-state index < -0.39 is 6.10 Å². The fourth-order valence-electron chi connectivity index (χ4n) is 2.94. The second kappa shape index (κ2) is 8.71. The van der Waals surface area contributed by atoms with E-state index >= 15 is 0 Å². The molecular weight excluding hydrogens is 354 g/mol. The highest BCUT2D eigenvalue weighted by molar-refractivity contribution is 5.78. The first kappa shape index (κ1) is 19.6. The molecule has 0 aliphatic carbocycles. The van der Waals surface area contributed by atoms with Crippen molar-refractivity contribution >= 4 is 16.9 Å². The zero-order chi connectivity index (χ0) is 20.1. The first-order valence-electron chi connectivity index (χ1n) is 9.12. The molecule has 0 aliphatic rings. The van der Waals surface area contributed by atoms with Crippen LogP contribution in [0.1, 0.15) is 17.4 Å². The second-order valence-electron chi connectivity index (χ2n) is 6.93. The number of fused-ring (bicyclic) bond motifs is 1. The van der Waals surface area contributed by atoms with E-state index in [1.165, 1.54) is 9.80 Å². The van der Waals surface area contributed by atoms with Gasteiger partial charge in [-0.15, -0.1) is 0 Å². The molecule has 1 aromatic heterocycles. The molecule has 0 saturated heterocycles. The van der Waals surface area contributed by atoms with Crippen molar-refractivity contribution in [2.24, 2.45) is 0 Å². The van der Waals surface area contributed by atoms with Crippen molar-refractivity contribution in [1.29, 1.82) is 0 Å². The molecule has 6 nitrogen and oxygen atoms in total. The average Bonchev–Trinajstić information content (AvgIpc) is 2.71. The summed E-state index contributed by atoms with van der Waals surface area (Å²) in [5, 5.41) is 11.6. The summed E-state index contributed by atoms with van der Waals surface area (Å²) >= 11 is 0. The number of nitrogens with zero attached hydrogens (tertiary/aromatic N) is 3. The number of aliphatic hydroxyl groups is 1. The van der Waals surface area contributed by atoms with Gasteiger partial charge in [0.05, 0.1) is 23.9 Å². The number of aliphatic hydroxyl groups excluding tert-OH is 1. The number of carbonyl (C=O) groups excluding carboxylic acids is 1. The molecule has 2 amide bonds. The van der Waals surface area contributed by atoms with Crippen LogP contribution in [0.15, 0.2) is 60.7 Å². The van der Waals surface area contributed by atoms with Gasteiger partial charge in [0.1, 0.15) is 12.4 Å². The molecule has 1 N–H and O–H groups in total. The molecule has 3 aromatic rings. The third-order valence-electron chi connectivity index (χ3n) is 4.44. The van der Waals surface area contributed by atoms with Crippen molar-refractivity contribution in [1.82, 2.24) is 14.8 Å². The van der Waals surface area contributed by atoms with E-state index in [9.17, 15) is 9.90 Å². The average molecular weight is 379 g/mol. The van der Waals surface area contributed by atoms with Gasteiger partial charge in [-0.1, -0.05) is 36.4 Å². The lowest BCUT2D eigenvalue weighted by Gasteiger charge is -2.24. The minimum Gasteiger partial charge on any atom is -0.487 e. The summed E-state index contributed by atoms with van der Waals surface area (Å²) < 4.78 is 5.86. The van der Waals surface area contributed by atoms with Gasteiger partial charge in [0.25, 0.3) is 0 Å². The molecule has 1 heterocycles. The molecule has 1 atom stereocenters. The molecular formula is C22H25N3O3. The normalized spacial score (nSPS) is 11.9. The number of ether oxygens (including phenoxy) is 1. The van der Waals surface area contributed by atoms with Crippen LogP contribution >= 0.6 is 0 Å². The van der Waals surface area contributed by atoms with Gasteiger partial charge < -0.3 is 19.6 Å². The maximum absolute atomic E-state index is 11.9. The number of carbonyl (C=O) groups is 1. The third-order valence-corrected chi connectivity index (χ3v) is 4.44. The van der Waals surface area contributed by atoms with Crippen LogP contribution < -0.4 is 4.74 Å². The summed E-state index contributed by atoms with van der Waals surface area (Å²) in [6.07, 6.45) is -0.795. The number of pyridine rings is 1. The van der Waals surface area contributed by atoms with Gasteiger partial charge in [-0.05, 0) is 29.8 Å². The van der Waals surface area contributed by atoms with Crippen LogP contribution in [0.2, 0.25) is 0 Å². The summed E-state index contributed by atoms with van der Waals surface area (Å²) in [7, 11) is 5.03. The summed E-state index contributed by atoms with van der Waals surface area (Å²) in [6, 6.07) is 19.0. The highest BCUT2D eigenvalue weighted by Crippen LogP contribution is 2.21. The number of aromatic nitrogens is 1. The molecule has 0 spiro atoms. The predicted molar refractivity (Wildman–Crippen MR) is 109 cm³/mol. The van der Waals surface area contributed by atoms with Crippen LogP contribution in [0, 0.1) is 0 Å². The topological polar surface area (TPSA) is 65.9 Å². The largest absolute Gasteiger partial charge is 0.487 e. The van der Waals surface area contributed by atoms with Gasteiger partial charge in [0, 0.05) is 26.5 Å². The Morgan fingerprint density at radius 1 is 1.07 bits per heavy atom. The van der Waals surface area contributed by atoms with Gasteiger partial charge in [-0.25, -0.2) is 9.78 Å². The van der Waals surface area contributed by atoms with Crippen molar-refractivity contribution in [3.8, 4) is 5.75 Å². The Hall–Kier alpha value is -3.12. The van der Waals surface area contributed by atoms with E-state index in [0.717, 1.165) is 16.6 Å². The summed E-state index contributed by atoms with van der Waals surface area (Å²) in [4.78, 5) is 19.5. The lowest BCUT2D eigenvalue weighted by Crippen LogP contribution is -2.38. The molecule has 0 saturated carbocycles. The monoisotopic (exact) mass is 379 g/mol. The SMILES string of the molecule is CN(C)C(=O)N(C)C[C@H](O)c1cccc(OCc2ccc3ccccc3n2)c1. The minimum atomic E-state index is -0.795. The van der Waals surface area contributed by atoms with Crippen LogP contribution in [-0.4, -0.2) is 53.6 Å². The Bertz CT molecular complexity index is 958. The zero-order valence-electron chi connectivity index (χ0n) is 16.4. The van der Waals surface area contributed by atoms with Gasteiger partial charge in [-0.2, -0.15) is 0 Å². The number of hydrogen-bond acceptors (Lipinski definition) is 4. The number of benzene rings is 2. The first-order valence-corrected chi connectivity index (χ1v) is 9.12. The Kier molecular flexibility index (Phi) is 6.11. The first-order chi connectivity index (χ1) is 13.4. The van der Waals surface area contributed by atoms with Gasteiger partial charge in [-0.3, -0.25) is 0 Å². The summed E-state index contributed by atoms with van der Waals surface area (Å²) in [6.45, 7) is 0.538. The lowest BCUT2D eigenvalue weighted by atomic mass is 10.1. The minimum absolute atomic E-state index is 0.158. The summed E-state index contributed by atoms with van der Waals surface area (Å²) in [5.74, 6) is 0.646. The highest BCUT2D eigenvalue weighted by Gasteiger charge is 2.17. The van der Waals surface area contributed by atoms with E-state index in [4.69, 9.17) is 4.74 Å². The Balaban J connectivity index is 1.64. The van der Waals surface area contributed by atoms with Crippen LogP contribution in [0.25, 0.3) is 10.9 Å². The Morgan fingerprint density at radius 2 is 1.86 bits per heavy atom. The van der Waals surface area contributed by atoms with Crippen molar-refractivity contribution in [3.05, 3.63) is 71.9 Å². The highest BCUT2D eigenvalue weighted by atomic mass is 16.5. The number of para-hydroxylation sites is 1. The van der Waals surface area contributed by atoms with E-state index in [1.54, 1.807) is 27.2 Å². The van der Waals surface area contributed by atoms with E-state index in [1.807, 2.05) is 54.6 Å². The molecule has 0 radical (unpaired) electrons. The molecule has 146 valence electrons. The molecule has 0 aliphatic heterocycles. The number of urea groups is 1. The van der Waals surface area contributed by atoms with Crippen molar-refractivity contribution < 1.29 is 14.6 Å². The van der Waals surface area contributed by atoms with Crippen molar-refractivity contribution in [3.63, 3.8) is 0 Å². The zero-order valence-corrected chi connectivity index (χ0v) is 16.4. The van der Waals surface area contributed by atoms with E-state index in [2.05, 4.69) is 4.98 Å². The lowest BCUT2D eigenvalue weighted by molar-refractivity contribution is 0.121. The van der Waals surface area contributed by atoms with Gasteiger partial charge >= 0.3 is 6.03 Å². The maximum atomic E-state index is 11.9. The third kappa shape index (κ3) is 4.78. The second-order valence-corrected chi connectivity index (χ2v) is 6.93. The smallest absolute Gasteiger partial charge is 0.319 e. The molecule has 28 heavy (non-hydrogen) atoms. The molecule has 0 bridgehead atoms. The molecule has 0 fully saturated rings. The van der Waals surface area contributed by atoms with Crippen LogP contribution in [0.3, 0.4) is 0 Å². The van der Waals surface area contributed by atoms with E-state index in [0.29, 0.717) is 17.9 Å². The van der Waals surface area contributed by atoms with Crippen LogP contribution in [-0.2, 0) is 6.61 Å². The van der Waals surface area contributed by atoms with Crippen LogP contribution in [0.5, 0.6) is 5.75 Å². The van der Waals surface area contributed by atoms with Crippen LogP contribution in [0.4, 0.5) is 4.79 Å². The number of hydrogen-bond donors (Lipinski definition) is 1. The Morgan fingerprint density at radius 3 is 2.64 bits per heavy atom. The summed E-state index contributed by atoms with van der Waals surface area (Å²) in [5.41, 5.74) is 2.46. The molecule has 3 rings (SSSR count). The van der Waals surface area contributed by atoms with Crippen molar-refractivity contribution in [2.45, 2.75) is 12.7 Å². The van der Waals surface area contributed by atoms with Gasteiger partial charge in [0.15, 0.2) is 0 Å². The number of amides is 2.